The van der Waals surface area contributed by atoms with Gasteiger partial charge >= 0.3 is 0 Å². The molecule has 0 aliphatic rings. The number of aromatic nitrogens is 2. The molecule has 0 aliphatic heterocycles. The lowest BCUT2D eigenvalue weighted by atomic mass is 10.1. The van der Waals surface area contributed by atoms with Crippen LogP contribution >= 0.6 is 0 Å². The minimum absolute atomic E-state index is 0.619. The van der Waals surface area contributed by atoms with Crippen LogP contribution in [0.15, 0.2) is 18.2 Å². The highest BCUT2D eigenvalue weighted by Crippen LogP contribution is 2.29. The van der Waals surface area contributed by atoms with Crippen LogP contribution in [0.1, 0.15) is 35.9 Å². The number of rotatable bonds is 5. The molecule has 0 saturated heterocycles. The van der Waals surface area contributed by atoms with Crippen molar-refractivity contribution in [3.63, 3.8) is 0 Å². The van der Waals surface area contributed by atoms with E-state index in [1.54, 1.807) is 0 Å². The van der Waals surface area contributed by atoms with E-state index in [0.29, 0.717) is 11.7 Å². The molecule has 21 heavy (non-hydrogen) atoms. The molecule has 1 N–H and O–H groups in total. The van der Waals surface area contributed by atoms with Crippen LogP contribution in [0, 0.1) is 27.7 Å². The molecular formula is C17H23N3O. The Morgan fingerprint density at radius 2 is 1.86 bits per heavy atom. The first kappa shape index (κ1) is 15.3. The van der Waals surface area contributed by atoms with E-state index in [1.165, 1.54) is 5.56 Å². The molecule has 1 heterocycles. The lowest BCUT2D eigenvalue weighted by molar-refractivity contribution is 0.452. The monoisotopic (exact) mass is 285 g/mol. The van der Waals surface area contributed by atoms with E-state index in [9.17, 15) is 0 Å². The summed E-state index contributed by atoms with van der Waals surface area (Å²) < 4.78 is 6.01. The van der Waals surface area contributed by atoms with E-state index >= 15 is 0 Å². The van der Waals surface area contributed by atoms with Gasteiger partial charge in [0.2, 0.25) is 5.88 Å². The first-order chi connectivity index (χ1) is 10.0. The van der Waals surface area contributed by atoms with Crippen LogP contribution in [0.5, 0.6) is 11.6 Å². The van der Waals surface area contributed by atoms with Gasteiger partial charge in [0, 0.05) is 6.54 Å². The highest BCUT2D eigenvalue weighted by atomic mass is 16.5. The average molecular weight is 285 g/mol. The zero-order valence-corrected chi connectivity index (χ0v) is 13.4. The zero-order valence-electron chi connectivity index (χ0n) is 13.4. The van der Waals surface area contributed by atoms with E-state index in [1.807, 2.05) is 32.9 Å². The maximum Gasteiger partial charge on any atom is 0.227 e. The number of ether oxygens (including phenoxy) is 1. The second-order valence-corrected chi connectivity index (χ2v) is 5.35. The molecule has 112 valence electrons. The summed E-state index contributed by atoms with van der Waals surface area (Å²) in [5.41, 5.74) is 3.27. The van der Waals surface area contributed by atoms with Crippen molar-refractivity contribution in [3.05, 3.63) is 40.7 Å². The Morgan fingerprint density at radius 3 is 2.52 bits per heavy atom. The van der Waals surface area contributed by atoms with Gasteiger partial charge in [-0.15, -0.1) is 0 Å². The van der Waals surface area contributed by atoms with Gasteiger partial charge in [0.05, 0.1) is 5.56 Å². The third-order valence-corrected chi connectivity index (χ3v) is 3.29. The molecule has 2 aromatic rings. The Labute approximate surface area is 126 Å². The first-order valence-corrected chi connectivity index (χ1v) is 7.35. The number of anilines is 1. The molecule has 0 unspecified atom stereocenters. The second kappa shape index (κ2) is 6.57. The molecule has 0 atom stereocenters. The summed E-state index contributed by atoms with van der Waals surface area (Å²) in [4.78, 5) is 8.87. The first-order valence-electron chi connectivity index (χ1n) is 7.35. The highest BCUT2D eigenvalue weighted by Gasteiger charge is 2.12. The molecule has 0 saturated carbocycles. The van der Waals surface area contributed by atoms with Gasteiger partial charge in [0.15, 0.2) is 0 Å². The third-order valence-electron chi connectivity index (χ3n) is 3.29. The molecule has 0 radical (unpaired) electrons. The van der Waals surface area contributed by atoms with Crippen molar-refractivity contribution < 1.29 is 4.74 Å². The van der Waals surface area contributed by atoms with Crippen molar-refractivity contribution in [2.24, 2.45) is 0 Å². The Hall–Kier alpha value is -2.10. The van der Waals surface area contributed by atoms with Crippen LogP contribution < -0.4 is 10.1 Å². The van der Waals surface area contributed by atoms with E-state index in [4.69, 9.17) is 4.74 Å². The minimum Gasteiger partial charge on any atom is -0.438 e. The Kier molecular flexibility index (Phi) is 4.78. The van der Waals surface area contributed by atoms with Crippen LogP contribution in [-0.4, -0.2) is 16.5 Å². The smallest absolute Gasteiger partial charge is 0.227 e. The van der Waals surface area contributed by atoms with Gasteiger partial charge < -0.3 is 10.1 Å². The van der Waals surface area contributed by atoms with Crippen LogP contribution in [0.25, 0.3) is 0 Å². The molecule has 2 rings (SSSR count). The normalized spacial score (nSPS) is 10.5. The Morgan fingerprint density at radius 1 is 1.10 bits per heavy atom. The summed E-state index contributed by atoms with van der Waals surface area (Å²) in [6.07, 6.45) is 1.05. The van der Waals surface area contributed by atoms with E-state index < -0.39 is 0 Å². The van der Waals surface area contributed by atoms with Gasteiger partial charge in [0.25, 0.3) is 0 Å². The molecule has 4 heteroatoms. The SMILES string of the molecule is CCCNc1nc(C)nc(Oc2ccc(C)cc2C)c1C. The average Bonchev–Trinajstić information content (AvgIpc) is 2.43. The maximum atomic E-state index is 6.01. The van der Waals surface area contributed by atoms with E-state index in [0.717, 1.165) is 35.7 Å². The Bertz CT molecular complexity index is 638. The molecule has 1 aromatic carbocycles. The molecule has 0 bridgehead atoms. The van der Waals surface area contributed by atoms with Crippen molar-refractivity contribution in [3.8, 4) is 11.6 Å². The summed E-state index contributed by atoms with van der Waals surface area (Å²) in [5.74, 6) is 3.01. The van der Waals surface area contributed by atoms with Crippen LogP contribution in [0.3, 0.4) is 0 Å². The number of nitrogens with one attached hydrogen (secondary N) is 1. The van der Waals surface area contributed by atoms with Gasteiger partial charge in [-0.05, 0) is 45.7 Å². The zero-order chi connectivity index (χ0) is 15.4. The van der Waals surface area contributed by atoms with Crippen molar-refractivity contribution >= 4 is 5.82 Å². The summed E-state index contributed by atoms with van der Waals surface area (Å²) in [5, 5.41) is 3.32. The van der Waals surface area contributed by atoms with Gasteiger partial charge in [-0.2, -0.15) is 4.98 Å². The fourth-order valence-electron chi connectivity index (χ4n) is 2.14. The molecule has 0 amide bonds. The number of hydrogen-bond acceptors (Lipinski definition) is 4. The lowest BCUT2D eigenvalue weighted by Gasteiger charge is -2.14. The van der Waals surface area contributed by atoms with Crippen molar-refractivity contribution in [1.82, 2.24) is 9.97 Å². The predicted octanol–water partition coefficient (Wildman–Crippen LogP) is 4.32. The largest absolute Gasteiger partial charge is 0.438 e. The fourth-order valence-corrected chi connectivity index (χ4v) is 2.14. The summed E-state index contributed by atoms with van der Waals surface area (Å²) in [6, 6.07) is 6.14. The van der Waals surface area contributed by atoms with Gasteiger partial charge in [-0.3, -0.25) is 0 Å². The van der Waals surface area contributed by atoms with E-state index in [2.05, 4.69) is 35.2 Å². The number of aryl methyl sites for hydroxylation is 3. The summed E-state index contributed by atoms with van der Waals surface area (Å²) in [7, 11) is 0. The molecule has 0 spiro atoms. The van der Waals surface area contributed by atoms with Crippen LogP contribution in [0.4, 0.5) is 5.82 Å². The van der Waals surface area contributed by atoms with Gasteiger partial charge in [0.1, 0.15) is 17.4 Å². The van der Waals surface area contributed by atoms with Crippen LogP contribution in [0.2, 0.25) is 0 Å². The van der Waals surface area contributed by atoms with Crippen molar-refractivity contribution in [1.29, 1.82) is 0 Å². The number of hydrogen-bond donors (Lipinski definition) is 1. The second-order valence-electron chi connectivity index (χ2n) is 5.35. The molecule has 0 aliphatic carbocycles. The predicted molar refractivity (Wildman–Crippen MR) is 86.3 cm³/mol. The molecule has 4 nitrogen and oxygen atoms in total. The number of benzene rings is 1. The Balaban J connectivity index is 2.32. The van der Waals surface area contributed by atoms with Gasteiger partial charge in [-0.1, -0.05) is 24.6 Å². The van der Waals surface area contributed by atoms with Crippen LogP contribution in [-0.2, 0) is 0 Å². The molecular weight excluding hydrogens is 262 g/mol. The van der Waals surface area contributed by atoms with Gasteiger partial charge in [-0.25, -0.2) is 4.98 Å². The van der Waals surface area contributed by atoms with Crippen molar-refractivity contribution in [2.45, 2.75) is 41.0 Å². The standard InChI is InChI=1S/C17H23N3O/c1-6-9-18-16-13(4)17(20-14(5)19-16)21-15-8-7-11(2)10-12(15)3/h7-8,10H,6,9H2,1-5H3,(H,18,19,20). The lowest BCUT2D eigenvalue weighted by Crippen LogP contribution is -2.07. The van der Waals surface area contributed by atoms with Crippen molar-refractivity contribution in [2.75, 3.05) is 11.9 Å². The minimum atomic E-state index is 0.619. The summed E-state index contributed by atoms with van der Waals surface area (Å²) in [6.45, 7) is 11.0. The number of nitrogens with zero attached hydrogens (tertiary/aromatic N) is 2. The van der Waals surface area contributed by atoms with E-state index in [-0.39, 0.29) is 0 Å². The summed E-state index contributed by atoms with van der Waals surface area (Å²) >= 11 is 0. The maximum absolute atomic E-state index is 6.01. The quantitative estimate of drug-likeness (QED) is 0.888. The molecule has 0 fully saturated rings. The fraction of sp³-hybridized carbons (Fsp3) is 0.412. The topological polar surface area (TPSA) is 47.0 Å². The third kappa shape index (κ3) is 3.72. The molecule has 1 aromatic heterocycles. The highest BCUT2D eigenvalue weighted by molar-refractivity contribution is 5.50.